The molecule has 0 spiro atoms. The Bertz CT molecular complexity index is 346. The van der Waals surface area contributed by atoms with Crippen molar-refractivity contribution in [2.24, 2.45) is 0 Å². The van der Waals surface area contributed by atoms with Crippen molar-refractivity contribution >= 4 is 28.4 Å². The first-order chi connectivity index (χ1) is 8.09. The zero-order valence-corrected chi connectivity index (χ0v) is 12.3. The summed E-state index contributed by atoms with van der Waals surface area (Å²) < 4.78 is 11.7. The molecule has 0 amide bonds. The summed E-state index contributed by atoms with van der Waals surface area (Å²) in [6, 6.07) is 7.46. The van der Waals surface area contributed by atoms with Crippen LogP contribution in [-0.2, 0) is 9.47 Å². The number of hydrogen-bond acceptors (Lipinski definition) is 3. The third-order valence-electron chi connectivity index (χ3n) is 2.08. The summed E-state index contributed by atoms with van der Waals surface area (Å²) >= 11 is 2.21. The number of carbonyl (C=O) groups is 1. The van der Waals surface area contributed by atoms with E-state index in [-0.39, 0.29) is 18.5 Å². The van der Waals surface area contributed by atoms with Gasteiger partial charge in [0.15, 0.2) is 5.78 Å². The topological polar surface area (TPSA) is 35.5 Å². The maximum atomic E-state index is 11.7. The van der Waals surface area contributed by atoms with Gasteiger partial charge in [0.1, 0.15) is 6.61 Å². The van der Waals surface area contributed by atoms with Gasteiger partial charge in [-0.15, -0.1) is 0 Å². The van der Waals surface area contributed by atoms with Crippen LogP contribution in [0.3, 0.4) is 0 Å². The lowest BCUT2D eigenvalue weighted by Crippen LogP contribution is -2.14. The normalized spacial score (nSPS) is 10.8. The van der Waals surface area contributed by atoms with E-state index in [4.69, 9.17) is 9.47 Å². The Balaban J connectivity index is 2.23. The second-order valence-electron chi connectivity index (χ2n) is 3.90. The van der Waals surface area contributed by atoms with E-state index in [1.807, 2.05) is 38.1 Å². The predicted octanol–water partition coefficient (Wildman–Crippen LogP) is 2.92. The van der Waals surface area contributed by atoms with Crippen molar-refractivity contribution in [2.45, 2.75) is 20.0 Å². The van der Waals surface area contributed by atoms with Gasteiger partial charge in [0.05, 0.1) is 19.3 Å². The summed E-state index contributed by atoms with van der Waals surface area (Å²) in [5.74, 6) is 0.00551. The van der Waals surface area contributed by atoms with E-state index < -0.39 is 0 Å². The molecule has 0 aliphatic carbocycles. The number of rotatable bonds is 7. The Morgan fingerprint density at radius 1 is 1.24 bits per heavy atom. The molecule has 94 valence electrons. The molecule has 0 N–H and O–H groups in total. The molecule has 0 heterocycles. The highest BCUT2D eigenvalue weighted by atomic mass is 127. The van der Waals surface area contributed by atoms with E-state index in [9.17, 15) is 4.79 Å². The molecule has 17 heavy (non-hydrogen) atoms. The molecule has 1 aromatic carbocycles. The summed E-state index contributed by atoms with van der Waals surface area (Å²) in [4.78, 5) is 11.7. The number of ketones is 1. The Kier molecular flexibility index (Phi) is 6.69. The average Bonchev–Trinajstić information content (AvgIpc) is 2.29. The van der Waals surface area contributed by atoms with Gasteiger partial charge in [-0.3, -0.25) is 4.79 Å². The van der Waals surface area contributed by atoms with Crippen molar-refractivity contribution in [3.05, 3.63) is 33.4 Å². The van der Waals surface area contributed by atoms with Gasteiger partial charge >= 0.3 is 0 Å². The molecule has 0 saturated carbocycles. The minimum absolute atomic E-state index is 0.00551. The first-order valence-electron chi connectivity index (χ1n) is 5.57. The van der Waals surface area contributed by atoms with Crippen molar-refractivity contribution < 1.29 is 14.3 Å². The zero-order valence-electron chi connectivity index (χ0n) is 10.1. The highest BCUT2D eigenvalue weighted by Gasteiger charge is 2.05. The molecule has 1 aromatic rings. The molecule has 1 rings (SSSR count). The van der Waals surface area contributed by atoms with Gasteiger partial charge in [-0.2, -0.15) is 0 Å². The predicted molar refractivity (Wildman–Crippen MR) is 75.4 cm³/mol. The van der Waals surface area contributed by atoms with Crippen LogP contribution in [0.2, 0.25) is 0 Å². The zero-order chi connectivity index (χ0) is 12.7. The molecule has 0 aliphatic heterocycles. The molecule has 0 bridgehead atoms. The van der Waals surface area contributed by atoms with Crippen LogP contribution in [-0.4, -0.2) is 31.7 Å². The Morgan fingerprint density at radius 2 is 1.88 bits per heavy atom. The summed E-state index contributed by atoms with van der Waals surface area (Å²) in [5.41, 5.74) is 0.690. The van der Waals surface area contributed by atoms with Crippen LogP contribution in [0.4, 0.5) is 0 Å². The van der Waals surface area contributed by atoms with Crippen LogP contribution in [0.5, 0.6) is 0 Å². The average molecular weight is 348 g/mol. The second-order valence-corrected chi connectivity index (χ2v) is 5.15. The van der Waals surface area contributed by atoms with E-state index in [0.29, 0.717) is 18.8 Å². The lowest BCUT2D eigenvalue weighted by molar-refractivity contribution is 0.0208. The van der Waals surface area contributed by atoms with Gasteiger partial charge in [-0.05, 0) is 48.6 Å². The van der Waals surface area contributed by atoms with Crippen LogP contribution >= 0.6 is 22.6 Å². The minimum atomic E-state index is 0.00551. The number of Topliss-reactive ketones (excluding diaryl/α,β-unsaturated/α-hetero) is 1. The highest BCUT2D eigenvalue weighted by Crippen LogP contribution is 2.07. The SMILES string of the molecule is CC(C)OCCOCC(=O)c1ccc(I)cc1. The Hall–Kier alpha value is -0.460. The fraction of sp³-hybridized carbons (Fsp3) is 0.462. The molecule has 0 aliphatic rings. The minimum Gasteiger partial charge on any atom is -0.376 e. The molecule has 3 nitrogen and oxygen atoms in total. The maximum Gasteiger partial charge on any atom is 0.188 e. The lowest BCUT2D eigenvalue weighted by atomic mass is 10.1. The highest BCUT2D eigenvalue weighted by molar-refractivity contribution is 14.1. The number of benzene rings is 1. The summed E-state index contributed by atoms with van der Waals surface area (Å²) in [5, 5.41) is 0. The van der Waals surface area contributed by atoms with E-state index in [1.165, 1.54) is 0 Å². The van der Waals surface area contributed by atoms with Crippen molar-refractivity contribution in [2.75, 3.05) is 19.8 Å². The number of ether oxygens (including phenoxy) is 2. The van der Waals surface area contributed by atoms with Crippen molar-refractivity contribution in [3.8, 4) is 0 Å². The first kappa shape index (κ1) is 14.6. The van der Waals surface area contributed by atoms with Crippen LogP contribution in [0.15, 0.2) is 24.3 Å². The molecule has 0 radical (unpaired) electrons. The van der Waals surface area contributed by atoms with Gasteiger partial charge in [-0.1, -0.05) is 12.1 Å². The van der Waals surface area contributed by atoms with Crippen LogP contribution < -0.4 is 0 Å². The van der Waals surface area contributed by atoms with Gasteiger partial charge < -0.3 is 9.47 Å². The lowest BCUT2D eigenvalue weighted by Gasteiger charge is -2.07. The fourth-order valence-electron chi connectivity index (χ4n) is 1.23. The van der Waals surface area contributed by atoms with Gasteiger partial charge in [-0.25, -0.2) is 0 Å². The molecule has 0 saturated heterocycles. The van der Waals surface area contributed by atoms with E-state index in [2.05, 4.69) is 22.6 Å². The second kappa shape index (κ2) is 7.79. The molecule has 0 unspecified atom stereocenters. The Morgan fingerprint density at radius 3 is 2.47 bits per heavy atom. The first-order valence-corrected chi connectivity index (χ1v) is 6.65. The molecule has 0 fully saturated rings. The van der Waals surface area contributed by atoms with E-state index in [0.717, 1.165) is 3.57 Å². The number of carbonyl (C=O) groups excluding carboxylic acids is 1. The Labute approximate surface area is 116 Å². The van der Waals surface area contributed by atoms with Crippen LogP contribution in [0.1, 0.15) is 24.2 Å². The monoisotopic (exact) mass is 348 g/mol. The standard InChI is InChI=1S/C13H17IO3/c1-10(2)17-8-7-16-9-13(15)11-3-5-12(14)6-4-11/h3-6,10H,7-9H2,1-2H3. The molecular weight excluding hydrogens is 331 g/mol. The van der Waals surface area contributed by atoms with Crippen molar-refractivity contribution in [1.29, 1.82) is 0 Å². The largest absolute Gasteiger partial charge is 0.376 e. The van der Waals surface area contributed by atoms with Crippen molar-refractivity contribution in [3.63, 3.8) is 0 Å². The molecule has 0 atom stereocenters. The summed E-state index contributed by atoms with van der Waals surface area (Å²) in [7, 11) is 0. The number of hydrogen-bond donors (Lipinski definition) is 0. The molecule has 4 heteroatoms. The number of halogens is 1. The summed E-state index contributed by atoms with van der Waals surface area (Å²) in [6.07, 6.45) is 0.200. The van der Waals surface area contributed by atoms with Crippen molar-refractivity contribution in [1.82, 2.24) is 0 Å². The van der Waals surface area contributed by atoms with Gasteiger partial charge in [0, 0.05) is 9.13 Å². The van der Waals surface area contributed by atoms with Gasteiger partial charge in [0.25, 0.3) is 0 Å². The smallest absolute Gasteiger partial charge is 0.188 e. The maximum absolute atomic E-state index is 11.7. The third kappa shape index (κ3) is 6.14. The van der Waals surface area contributed by atoms with E-state index in [1.54, 1.807) is 0 Å². The van der Waals surface area contributed by atoms with Crippen LogP contribution in [0, 0.1) is 3.57 Å². The molecule has 0 aromatic heterocycles. The van der Waals surface area contributed by atoms with Gasteiger partial charge in [0.2, 0.25) is 0 Å². The van der Waals surface area contributed by atoms with Crippen LogP contribution in [0.25, 0.3) is 0 Å². The summed E-state index contributed by atoms with van der Waals surface area (Å²) in [6.45, 7) is 5.03. The fourth-order valence-corrected chi connectivity index (χ4v) is 1.59. The molecular formula is C13H17IO3. The quantitative estimate of drug-likeness (QED) is 0.432. The third-order valence-corrected chi connectivity index (χ3v) is 2.80. The van der Waals surface area contributed by atoms with E-state index >= 15 is 0 Å².